The molecule has 1 rings (SSSR count). The van der Waals surface area contributed by atoms with Crippen LogP contribution in [0.15, 0.2) is 30.3 Å². The molecular weight excluding hydrogens is 226 g/mol. The third-order valence-electron chi connectivity index (χ3n) is 2.54. The van der Waals surface area contributed by atoms with Gasteiger partial charge in [-0.25, -0.2) is 0 Å². The molecule has 0 aliphatic rings. The molecule has 0 aliphatic heterocycles. The van der Waals surface area contributed by atoms with Crippen LogP contribution >= 0.6 is 0 Å². The van der Waals surface area contributed by atoms with Crippen LogP contribution in [0.5, 0.6) is 0 Å². The molecule has 0 heterocycles. The fraction of sp³-hybridized carbons (Fsp3) is 0.467. The Morgan fingerprint density at radius 2 is 1.94 bits per heavy atom. The number of ether oxygens (including phenoxy) is 1. The van der Waals surface area contributed by atoms with Gasteiger partial charge in [-0.15, -0.1) is 0 Å². The largest absolute Gasteiger partial charge is 0.447 e. The van der Waals surface area contributed by atoms with Gasteiger partial charge in [-0.1, -0.05) is 30.3 Å². The van der Waals surface area contributed by atoms with E-state index in [-0.39, 0.29) is 5.97 Å². The number of hydrogen-bond donors (Lipinski definition) is 0. The van der Waals surface area contributed by atoms with Crippen molar-refractivity contribution in [2.45, 2.75) is 39.7 Å². The molecule has 0 saturated carbocycles. The maximum absolute atomic E-state index is 11.7. The second kappa shape index (κ2) is 6.20. The zero-order valence-electron chi connectivity index (χ0n) is 11.1. The molecule has 1 aromatic carbocycles. The summed E-state index contributed by atoms with van der Waals surface area (Å²) in [6.07, 6.45) is 0.593. The normalized spacial score (nSPS) is 12.6. The number of nitriles is 1. The van der Waals surface area contributed by atoms with Crippen LogP contribution < -0.4 is 0 Å². The van der Waals surface area contributed by atoms with E-state index in [1.807, 2.05) is 36.4 Å². The maximum Gasteiger partial charge on any atom is 0.312 e. The first-order valence-corrected chi connectivity index (χ1v) is 6.08. The molecule has 3 nitrogen and oxygen atoms in total. The second-order valence-corrected chi connectivity index (χ2v) is 5.30. The van der Waals surface area contributed by atoms with E-state index in [9.17, 15) is 4.79 Å². The highest BCUT2D eigenvalue weighted by Gasteiger charge is 2.26. The summed E-state index contributed by atoms with van der Waals surface area (Å²) < 4.78 is 5.19. The Morgan fingerprint density at radius 3 is 2.44 bits per heavy atom. The van der Waals surface area contributed by atoms with E-state index in [4.69, 9.17) is 10.00 Å². The van der Waals surface area contributed by atoms with E-state index in [0.717, 1.165) is 12.0 Å². The van der Waals surface area contributed by atoms with Crippen LogP contribution in [0.3, 0.4) is 0 Å². The molecule has 1 atom stereocenters. The number of nitrogens with zero attached hydrogens (tertiary/aromatic N) is 1. The minimum Gasteiger partial charge on any atom is -0.447 e. The van der Waals surface area contributed by atoms with Crippen molar-refractivity contribution in [2.24, 2.45) is 5.41 Å². The Hall–Kier alpha value is -1.82. The smallest absolute Gasteiger partial charge is 0.312 e. The van der Waals surface area contributed by atoms with Gasteiger partial charge in [0.05, 0.1) is 5.41 Å². The van der Waals surface area contributed by atoms with Gasteiger partial charge in [-0.05, 0) is 32.8 Å². The first-order valence-electron chi connectivity index (χ1n) is 6.08. The van der Waals surface area contributed by atoms with Crippen molar-refractivity contribution in [1.82, 2.24) is 0 Å². The fourth-order valence-corrected chi connectivity index (χ4v) is 1.40. The number of hydrogen-bond acceptors (Lipinski definition) is 3. The molecule has 0 amide bonds. The Labute approximate surface area is 108 Å². The zero-order chi connectivity index (χ0) is 13.6. The molecule has 0 fully saturated rings. The van der Waals surface area contributed by atoms with Crippen LogP contribution in [0.4, 0.5) is 0 Å². The Kier molecular flexibility index (Phi) is 4.91. The predicted molar refractivity (Wildman–Crippen MR) is 69.7 cm³/mol. The first-order chi connectivity index (χ1) is 8.43. The maximum atomic E-state index is 11.7. The zero-order valence-corrected chi connectivity index (χ0v) is 11.1. The van der Waals surface area contributed by atoms with Crippen molar-refractivity contribution < 1.29 is 9.53 Å². The quantitative estimate of drug-likeness (QED) is 0.766. The average Bonchev–Trinajstić information content (AvgIpc) is 2.34. The average molecular weight is 245 g/mol. The van der Waals surface area contributed by atoms with Crippen LogP contribution in [0.25, 0.3) is 0 Å². The summed E-state index contributed by atoms with van der Waals surface area (Å²) >= 11 is 0. The van der Waals surface area contributed by atoms with E-state index in [2.05, 4.69) is 0 Å². The van der Waals surface area contributed by atoms with Gasteiger partial charge in [-0.2, -0.15) is 5.26 Å². The lowest BCUT2D eigenvalue weighted by molar-refractivity contribution is -0.156. The van der Waals surface area contributed by atoms with E-state index in [1.165, 1.54) is 0 Å². The third-order valence-corrected chi connectivity index (χ3v) is 2.54. The standard InChI is InChI=1S/C15H19NO2/c1-15(2,3)14(17)18-13(11-16)10-9-12-7-5-4-6-8-12/h4-8,13H,9-10H2,1-3H3. The van der Waals surface area contributed by atoms with Crippen molar-refractivity contribution >= 4 is 5.97 Å². The molecule has 1 unspecified atom stereocenters. The predicted octanol–water partition coefficient (Wildman–Crippen LogP) is 3.10. The molecule has 1 aromatic rings. The van der Waals surface area contributed by atoms with Gasteiger partial charge < -0.3 is 4.74 Å². The molecular formula is C15H19NO2. The van der Waals surface area contributed by atoms with Crippen LogP contribution in [0.1, 0.15) is 32.8 Å². The van der Waals surface area contributed by atoms with Crippen molar-refractivity contribution in [2.75, 3.05) is 0 Å². The molecule has 0 bridgehead atoms. The summed E-state index contributed by atoms with van der Waals surface area (Å²) in [6.45, 7) is 5.34. The van der Waals surface area contributed by atoms with Crippen LogP contribution in [0.2, 0.25) is 0 Å². The molecule has 0 radical (unpaired) electrons. The summed E-state index contributed by atoms with van der Waals surface area (Å²) in [5.74, 6) is -0.331. The number of rotatable bonds is 4. The van der Waals surface area contributed by atoms with Crippen molar-refractivity contribution in [3.63, 3.8) is 0 Å². The molecule has 3 heteroatoms. The summed E-state index contributed by atoms with van der Waals surface area (Å²) in [4.78, 5) is 11.7. The Bertz CT molecular complexity index is 426. The SMILES string of the molecule is CC(C)(C)C(=O)OC(C#N)CCc1ccccc1. The minimum atomic E-state index is -0.670. The lowest BCUT2D eigenvalue weighted by Gasteiger charge is -2.19. The third kappa shape index (κ3) is 4.58. The molecule has 0 saturated heterocycles. The van der Waals surface area contributed by atoms with Gasteiger partial charge in [0.25, 0.3) is 0 Å². The lowest BCUT2D eigenvalue weighted by Crippen LogP contribution is -2.27. The number of benzene rings is 1. The van der Waals surface area contributed by atoms with E-state index in [0.29, 0.717) is 6.42 Å². The second-order valence-electron chi connectivity index (χ2n) is 5.30. The molecule has 0 aromatic heterocycles. The highest BCUT2D eigenvalue weighted by atomic mass is 16.5. The summed E-state index contributed by atoms with van der Waals surface area (Å²) in [5.41, 5.74) is 0.575. The van der Waals surface area contributed by atoms with Crippen LogP contribution in [-0.2, 0) is 16.0 Å². The van der Waals surface area contributed by atoms with Crippen LogP contribution in [-0.4, -0.2) is 12.1 Å². The monoisotopic (exact) mass is 245 g/mol. The lowest BCUT2D eigenvalue weighted by atomic mass is 9.97. The van der Waals surface area contributed by atoms with E-state index < -0.39 is 11.5 Å². The van der Waals surface area contributed by atoms with Crippen LogP contribution in [0, 0.1) is 16.7 Å². The van der Waals surface area contributed by atoms with Gasteiger partial charge >= 0.3 is 5.97 Å². The highest BCUT2D eigenvalue weighted by molar-refractivity contribution is 5.75. The molecule has 96 valence electrons. The summed E-state index contributed by atoms with van der Waals surface area (Å²) in [5, 5.41) is 8.99. The highest BCUT2D eigenvalue weighted by Crippen LogP contribution is 2.17. The Balaban J connectivity index is 2.49. The molecule has 18 heavy (non-hydrogen) atoms. The van der Waals surface area contributed by atoms with Gasteiger partial charge in [-0.3, -0.25) is 4.79 Å². The van der Waals surface area contributed by atoms with Gasteiger partial charge in [0, 0.05) is 6.42 Å². The van der Waals surface area contributed by atoms with E-state index in [1.54, 1.807) is 20.8 Å². The number of esters is 1. The molecule has 0 N–H and O–H groups in total. The topological polar surface area (TPSA) is 50.1 Å². The fourth-order valence-electron chi connectivity index (χ4n) is 1.40. The van der Waals surface area contributed by atoms with Crippen molar-refractivity contribution in [1.29, 1.82) is 5.26 Å². The van der Waals surface area contributed by atoms with Crippen molar-refractivity contribution in [3.8, 4) is 6.07 Å². The molecule has 0 aliphatic carbocycles. The summed E-state index contributed by atoms with van der Waals surface area (Å²) in [7, 11) is 0. The number of carbonyl (C=O) groups is 1. The van der Waals surface area contributed by atoms with E-state index >= 15 is 0 Å². The summed E-state index contributed by atoms with van der Waals surface area (Å²) in [6, 6.07) is 11.9. The first kappa shape index (κ1) is 14.2. The number of aryl methyl sites for hydroxylation is 1. The molecule has 0 spiro atoms. The van der Waals surface area contributed by atoms with Gasteiger partial charge in [0.15, 0.2) is 6.10 Å². The number of carbonyl (C=O) groups excluding carboxylic acids is 1. The Morgan fingerprint density at radius 1 is 1.33 bits per heavy atom. The minimum absolute atomic E-state index is 0.331. The van der Waals surface area contributed by atoms with Gasteiger partial charge in [0.1, 0.15) is 6.07 Å². The van der Waals surface area contributed by atoms with Gasteiger partial charge in [0.2, 0.25) is 0 Å². The van der Waals surface area contributed by atoms with Crippen molar-refractivity contribution in [3.05, 3.63) is 35.9 Å².